The van der Waals surface area contributed by atoms with Crippen LogP contribution in [0.3, 0.4) is 0 Å². The topological polar surface area (TPSA) is 65.3 Å². The Morgan fingerprint density at radius 3 is 3.00 bits per heavy atom. The Morgan fingerprint density at radius 1 is 1.64 bits per heavy atom. The van der Waals surface area contributed by atoms with Gasteiger partial charge in [0.15, 0.2) is 0 Å². The normalized spacial score (nSPS) is 17.3. The fourth-order valence-corrected chi connectivity index (χ4v) is 1.56. The van der Waals surface area contributed by atoms with Gasteiger partial charge in [0.05, 0.1) is 4.92 Å². The molecule has 0 radical (unpaired) electrons. The molecule has 2 rings (SSSR count). The highest BCUT2D eigenvalue weighted by atomic mass is 16.6. The smallest absolute Gasteiger partial charge is 0.288 e. The fraction of sp³-hybridized carbons (Fsp3) is 0.444. The summed E-state index contributed by atoms with van der Waals surface area (Å²) in [5.74, 6) is 0.514. The summed E-state index contributed by atoms with van der Waals surface area (Å²) >= 11 is 0. The largest absolute Gasteiger partial charge is 0.471 e. The molecule has 0 saturated heterocycles. The molecule has 1 aromatic rings. The molecule has 1 aliphatic rings. The predicted octanol–water partition coefficient (Wildman–Crippen LogP) is 1.70. The maximum absolute atomic E-state index is 10.5. The molecule has 0 bridgehead atoms. The lowest BCUT2D eigenvalue weighted by molar-refractivity contribution is -0.385. The third kappa shape index (κ3) is 1.41. The van der Waals surface area contributed by atoms with Crippen molar-refractivity contribution in [2.75, 3.05) is 0 Å². The van der Waals surface area contributed by atoms with Crippen molar-refractivity contribution >= 4 is 5.69 Å². The molecule has 0 N–H and O–H groups in total. The van der Waals surface area contributed by atoms with Crippen LogP contribution in [0.5, 0.6) is 5.88 Å². The summed E-state index contributed by atoms with van der Waals surface area (Å²) in [6.07, 6.45) is 1.89. The second kappa shape index (κ2) is 2.67. The maximum Gasteiger partial charge on any atom is 0.288 e. The van der Waals surface area contributed by atoms with Crippen molar-refractivity contribution in [3.05, 3.63) is 27.9 Å². The van der Waals surface area contributed by atoms with Crippen LogP contribution < -0.4 is 4.74 Å². The van der Waals surface area contributed by atoms with Crippen molar-refractivity contribution in [2.24, 2.45) is 0 Å². The Morgan fingerprint density at radius 2 is 2.36 bits per heavy atom. The number of hydrogen-bond acceptors (Lipinski definition) is 4. The van der Waals surface area contributed by atoms with E-state index < -0.39 is 4.92 Å². The highest BCUT2D eigenvalue weighted by molar-refractivity contribution is 5.41. The average molecular weight is 194 g/mol. The number of nitro groups is 1. The number of nitrogens with zero attached hydrogens (tertiary/aromatic N) is 2. The second-order valence-corrected chi connectivity index (χ2v) is 3.95. The maximum atomic E-state index is 10.5. The zero-order valence-corrected chi connectivity index (χ0v) is 7.98. The Balaban J connectivity index is 2.40. The molecule has 0 aromatic carbocycles. The molecule has 0 atom stereocenters. The van der Waals surface area contributed by atoms with E-state index in [9.17, 15) is 10.1 Å². The SMILES string of the molecule is CC1(C)Cc2cc([N+](=O)[O-])cnc2O1. The molecular formula is C9H10N2O3. The van der Waals surface area contributed by atoms with E-state index in [1.807, 2.05) is 13.8 Å². The van der Waals surface area contributed by atoms with Crippen LogP contribution >= 0.6 is 0 Å². The van der Waals surface area contributed by atoms with Gasteiger partial charge in [0.2, 0.25) is 5.88 Å². The molecule has 5 nitrogen and oxygen atoms in total. The number of ether oxygens (including phenoxy) is 1. The Kier molecular flexibility index (Phi) is 1.70. The van der Waals surface area contributed by atoms with E-state index in [0.717, 1.165) is 5.56 Å². The van der Waals surface area contributed by atoms with Crippen LogP contribution in [0, 0.1) is 10.1 Å². The summed E-state index contributed by atoms with van der Waals surface area (Å²) in [5, 5.41) is 10.5. The van der Waals surface area contributed by atoms with Gasteiger partial charge in [-0.25, -0.2) is 4.98 Å². The third-order valence-corrected chi connectivity index (χ3v) is 2.11. The summed E-state index contributed by atoms with van der Waals surface area (Å²) in [7, 11) is 0. The monoisotopic (exact) mass is 194 g/mol. The van der Waals surface area contributed by atoms with E-state index in [1.165, 1.54) is 12.3 Å². The van der Waals surface area contributed by atoms with Gasteiger partial charge in [-0.3, -0.25) is 10.1 Å². The quantitative estimate of drug-likeness (QED) is 0.504. The first-order chi connectivity index (χ1) is 6.48. The molecule has 2 heterocycles. The molecule has 0 fully saturated rings. The first kappa shape index (κ1) is 8.93. The van der Waals surface area contributed by atoms with Crippen LogP contribution in [0.25, 0.3) is 0 Å². The van der Waals surface area contributed by atoms with E-state index >= 15 is 0 Å². The van der Waals surface area contributed by atoms with Crippen molar-refractivity contribution in [3.63, 3.8) is 0 Å². The van der Waals surface area contributed by atoms with Gasteiger partial charge < -0.3 is 4.74 Å². The first-order valence-electron chi connectivity index (χ1n) is 4.30. The van der Waals surface area contributed by atoms with Gasteiger partial charge >= 0.3 is 0 Å². The Hall–Kier alpha value is -1.65. The second-order valence-electron chi connectivity index (χ2n) is 3.95. The summed E-state index contributed by atoms with van der Waals surface area (Å²) in [6.45, 7) is 3.86. The van der Waals surface area contributed by atoms with Crippen LogP contribution in [0.1, 0.15) is 19.4 Å². The first-order valence-corrected chi connectivity index (χ1v) is 4.30. The number of fused-ring (bicyclic) bond motifs is 1. The van der Waals surface area contributed by atoms with Crippen molar-refractivity contribution in [3.8, 4) is 5.88 Å². The minimum absolute atomic E-state index is 0.0186. The summed E-state index contributed by atoms with van der Waals surface area (Å²) in [5.41, 5.74) is 0.527. The number of aromatic nitrogens is 1. The van der Waals surface area contributed by atoms with E-state index in [2.05, 4.69) is 4.98 Å². The lowest BCUT2D eigenvalue weighted by Crippen LogP contribution is -2.24. The fourth-order valence-electron chi connectivity index (χ4n) is 1.56. The number of pyridine rings is 1. The molecule has 0 amide bonds. The zero-order chi connectivity index (χ0) is 10.3. The van der Waals surface area contributed by atoms with Gasteiger partial charge in [-0.1, -0.05) is 0 Å². The molecule has 1 aliphatic heterocycles. The van der Waals surface area contributed by atoms with Gasteiger partial charge in [0, 0.05) is 18.1 Å². The lowest BCUT2D eigenvalue weighted by Gasteiger charge is -2.15. The molecule has 0 aliphatic carbocycles. The van der Waals surface area contributed by atoms with Gasteiger partial charge in [-0.15, -0.1) is 0 Å². The van der Waals surface area contributed by atoms with Crippen LogP contribution in [0.4, 0.5) is 5.69 Å². The number of hydrogen-bond donors (Lipinski definition) is 0. The highest BCUT2D eigenvalue weighted by Crippen LogP contribution is 2.34. The van der Waals surface area contributed by atoms with Gasteiger partial charge in [-0.05, 0) is 13.8 Å². The van der Waals surface area contributed by atoms with Crippen molar-refractivity contribution < 1.29 is 9.66 Å². The summed E-state index contributed by atoms with van der Waals surface area (Å²) in [6, 6.07) is 1.52. The molecule has 5 heteroatoms. The third-order valence-electron chi connectivity index (χ3n) is 2.11. The number of rotatable bonds is 1. The Labute approximate surface area is 80.9 Å². The van der Waals surface area contributed by atoms with Crippen molar-refractivity contribution in [1.29, 1.82) is 0 Å². The molecule has 0 spiro atoms. The van der Waals surface area contributed by atoms with E-state index in [1.54, 1.807) is 0 Å². The van der Waals surface area contributed by atoms with E-state index in [0.29, 0.717) is 12.3 Å². The van der Waals surface area contributed by atoms with Crippen molar-refractivity contribution in [2.45, 2.75) is 25.9 Å². The lowest BCUT2D eigenvalue weighted by atomic mass is 10.0. The van der Waals surface area contributed by atoms with Gasteiger partial charge in [0.1, 0.15) is 11.8 Å². The average Bonchev–Trinajstić information content (AvgIpc) is 2.36. The molecule has 14 heavy (non-hydrogen) atoms. The highest BCUT2D eigenvalue weighted by Gasteiger charge is 2.32. The van der Waals surface area contributed by atoms with Crippen LogP contribution in [-0.2, 0) is 6.42 Å². The van der Waals surface area contributed by atoms with Crippen LogP contribution in [-0.4, -0.2) is 15.5 Å². The molecule has 1 aromatic heterocycles. The van der Waals surface area contributed by atoms with Gasteiger partial charge in [0.25, 0.3) is 5.69 Å². The zero-order valence-electron chi connectivity index (χ0n) is 7.98. The van der Waals surface area contributed by atoms with Crippen molar-refractivity contribution in [1.82, 2.24) is 4.98 Å². The molecule has 74 valence electrons. The predicted molar refractivity (Wildman–Crippen MR) is 49.3 cm³/mol. The van der Waals surface area contributed by atoms with Crippen LogP contribution in [0.15, 0.2) is 12.3 Å². The molecule has 0 unspecified atom stereocenters. The van der Waals surface area contributed by atoms with Gasteiger partial charge in [-0.2, -0.15) is 0 Å². The molecular weight excluding hydrogens is 184 g/mol. The molecule has 0 saturated carbocycles. The minimum atomic E-state index is -0.446. The van der Waals surface area contributed by atoms with Crippen LogP contribution in [0.2, 0.25) is 0 Å². The summed E-state index contributed by atoms with van der Waals surface area (Å²) in [4.78, 5) is 14.0. The van der Waals surface area contributed by atoms with E-state index in [-0.39, 0.29) is 11.3 Å². The Bertz CT molecular complexity index is 401. The minimum Gasteiger partial charge on any atom is -0.471 e. The van der Waals surface area contributed by atoms with E-state index in [4.69, 9.17) is 4.74 Å². The summed E-state index contributed by atoms with van der Waals surface area (Å²) < 4.78 is 5.50. The standard InChI is InChI=1S/C9H10N2O3/c1-9(2)4-6-3-7(11(12)13)5-10-8(6)14-9/h3,5H,4H2,1-2H3.